The Hall–Kier alpha value is -8.67. The molecule has 0 saturated carbocycles. The second kappa shape index (κ2) is 13.4. The van der Waals surface area contributed by atoms with Gasteiger partial charge in [0.1, 0.15) is 0 Å². The molecule has 0 spiro atoms. The number of hydrogen-bond acceptors (Lipinski definition) is 3. The number of benzene rings is 11. The Balaban J connectivity index is 1.29. The Bertz CT molecular complexity index is 4180. The van der Waals surface area contributed by atoms with Crippen LogP contribution in [0, 0.1) is 0 Å². The van der Waals surface area contributed by atoms with E-state index in [2.05, 4.69) is 185 Å². The highest BCUT2D eigenvalue weighted by atomic mass is 15.2. The standard InChI is InChI=1S/C59H35N5/c1-3-18-37(19-4-1)57-60-58(38-20-5-2-6-21-38)62-59(61-57)64-55-49(34-33-48-43-25-15-16-30-50(43)63(54(48)55)40-32-31-36-17-7-8-22-39(36)35-40)52-47-29-14-13-28-46(47)51-44-26-11-9-23-41(44)42-24-10-12-27-45(42)53(51)56(52)64/h1-35H. The van der Waals surface area contributed by atoms with Gasteiger partial charge in [-0.15, -0.1) is 0 Å². The lowest BCUT2D eigenvalue weighted by atomic mass is 9.89. The van der Waals surface area contributed by atoms with Gasteiger partial charge in [0.2, 0.25) is 5.95 Å². The normalized spacial score (nSPS) is 12.1. The molecule has 0 aliphatic rings. The van der Waals surface area contributed by atoms with Gasteiger partial charge >= 0.3 is 0 Å². The molecule has 3 heterocycles. The van der Waals surface area contributed by atoms with Crippen molar-refractivity contribution in [3.8, 4) is 34.4 Å². The van der Waals surface area contributed by atoms with Crippen molar-refractivity contribution in [2.24, 2.45) is 0 Å². The van der Waals surface area contributed by atoms with Crippen molar-refractivity contribution in [2.75, 3.05) is 0 Å². The van der Waals surface area contributed by atoms with Crippen LogP contribution in [0.15, 0.2) is 212 Å². The van der Waals surface area contributed by atoms with Gasteiger partial charge in [-0.05, 0) is 61.3 Å². The van der Waals surface area contributed by atoms with Crippen molar-refractivity contribution in [2.45, 2.75) is 0 Å². The third-order valence-electron chi connectivity index (χ3n) is 13.3. The van der Waals surface area contributed by atoms with Crippen LogP contribution in [0.2, 0.25) is 0 Å². The highest BCUT2D eigenvalue weighted by Gasteiger charge is 2.28. The Labute approximate surface area is 366 Å². The summed E-state index contributed by atoms with van der Waals surface area (Å²) in [6.07, 6.45) is 0. The molecule has 0 radical (unpaired) electrons. The van der Waals surface area contributed by atoms with Crippen molar-refractivity contribution in [3.63, 3.8) is 0 Å². The van der Waals surface area contributed by atoms with Gasteiger partial charge < -0.3 is 4.57 Å². The average molecular weight is 814 g/mol. The number of fused-ring (bicyclic) bond motifs is 18. The minimum absolute atomic E-state index is 0.560. The van der Waals surface area contributed by atoms with Crippen molar-refractivity contribution < 1.29 is 0 Å². The molecule has 0 atom stereocenters. The zero-order valence-electron chi connectivity index (χ0n) is 34.4. The van der Waals surface area contributed by atoms with Crippen LogP contribution >= 0.6 is 0 Å². The number of nitrogens with zero attached hydrogens (tertiary/aromatic N) is 5. The number of hydrogen-bond donors (Lipinski definition) is 0. The van der Waals surface area contributed by atoms with E-state index in [1.807, 2.05) is 36.4 Å². The van der Waals surface area contributed by atoms with E-state index in [0.717, 1.165) is 49.7 Å². The molecule has 11 aromatic carbocycles. The third kappa shape index (κ3) is 4.92. The van der Waals surface area contributed by atoms with E-state index < -0.39 is 0 Å². The maximum Gasteiger partial charge on any atom is 0.238 e. The van der Waals surface area contributed by atoms with E-state index in [4.69, 9.17) is 15.0 Å². The second-order valence-corrected chi connectivity index (χ2v) is 16.7. The molecular formula is C59H35N5. The summed E-state index contributed by atoms with van der Waals surface area (Å²) in [7, 11) is 0. The van der Waals surface area contributed by atoms with Crippen molar-refractivity contribution in [1.29, 1.82) is 0 Å². The first kappa shape index (κ1) is 35.0. The minimum Gasteiger partial charge on any atom is -0.307 e. The van der Waals surface area contributed by atoms with Gasteiger partial charge in [-0.2, -0.15) is 9.97 Å². The van der Waals surface area contributed by atoms with Crippen LogP contribution in [-0.2, 0) is 0 Å². The molecule has 0 saturated heterocycles. The van der Waals surface area contributed by atoms with Crippen LogP contribution < -0.4 is 0 Å². The minimum atomic E-state index is 0.560. The van der Waals surface area contributed by atoms with Gasteiger partial charge in [-0.1, -0.05) is 194 Å². The third-order valence-corrected chi connectivity index (χ3v) is 13.3. The predicted molar refractivity (Wildman–Crippen MR) is 267 cm³/mol. The SMILES string of the molecule is c1ccc(-c2nc(-c3ccccc3)nc(-n3c4c(c5ccccc5c5c6ccccc6c6ccccc6c54)c4ccc5c6ccccc6n(-c6ccc7ccccc7c6)c5c43)n2)cc1. The summed E-state index contributed by atoms with van der Waals surface area (Å²) in [5.41, 5.74) is 7.27. The lowest BCUT2D eigenvalue weighted by Crippen LogP contribution is -2.07. The predicted octanol–water partition coefficient (Wildman–Crippen LogP) is 15.2. The summed E-state index contributed by atoms with van der Waals surface area (Å²) in [5, 5.41) is 16.6. The molecule has 0 aliphatic carbocycles. The molecule has 14 rings (SSSR count). The molecule has 296 valence electrons. The summed E-state index contributed by atoms with van der Waals surface area (Å²) < 4.78 is 4.85. The number of aromatic nitrogens is 5. The first-order valence-corrected chi connectivity index (χ1v) is 21.8. The Kier molecular flexibility index (Phi) is 7.33. The van der Waals surface area contributed by atoms with E-state index in [9.17, 15) is 0 Å². The number of rotatable bonds is 4. The van der Waals surface area contributed by atoms with Gasteiger partial charge in [-0.25, -0.2) is 4.98 Å². The maximum atomic E-state index is 5.54. The highest BCUT2D eigenvalue weighted by Crippen LogP contribution is 2.50. The second-order valence-electron chi connectivity index (χ2n) is 16.7. The molecule has 64 heavy (non-hydrogen) atoms. The van der Waals surface area contributed by atoms with Gasteiger partial charge in [0.05, 0.1) is 22.1 Å². The molecule has 0 unspecified atom stereocenters. The van der Waals surface area contributed by atoms with E-state index in [1.54, 1.807) is 0 Å². The molecule has 3 aromatic heterocycles. The van der Waals surface area contributed by atoms with Gasteiger partial charge in [0, 0.05) is 49.1 Å². The summed E-state index contributed by atoms with van der Waals surface area (Å²) in [6, 6.07) is 76.2. The van der Waals surface area contributed by atoms with Gasteiger partial charge in [0.25, 0.3) is 0 Å². The summed E-state index contributed by atoms with van der Waals surface area (Å²) in [6.45, 7) is 0. The largest absolute Gasteiger partial charge is 0.307 e. The zero-order valence-corrected chi connectivity index (χ0v) is 34.4. The van der Waals surface area contributed by atoms with Crippen LogP contribution in [0.5, 0.6) is 0 Å². The summed E-state index contributed by atoms with van der Waals surface area (Å²) >= 11 is 0. The molecule has 0 bridgehead atoms. The molecule has 5 nitrogen and oxygen atoms in total. The van der Waals surface area contributed by atoms with Crippen LogP contribution in [0.3, 0.4) is 0 Å². The lowest BCUT2D eigenvalue weighted by Gasteiger charge is -2.17. The molecule has 0 fully saturated rings. The molecule has 0 aliphatic heterocycles. The quantitative estimate of drug-likeness (QED) is 0.166. The maximum absolute atomic E-state index is 5.54. The van der Waals surface area contributed by atoms with E-state index in [0.29, 0.717) is 17.6 Å². The van der Waals surface area contributed by atoms with Crippen LogP contribution in [-0.4, -0.2) is 24.1 Å². The molecule has 14 aromatic rings. The Morgan fingerprint density at radius 3 is 1.42 bits per heavy atom. The Morgan fingerprint density at radius 2 is 0.766 bits per heavy atom. The topological polar surface area (TPSA) is 48.5 Å². The fourth-order valence-electron chi connectivity index (χ4n) is 10.6. The molecule has 5 heteroatoms. The molecular weight excluding hydrogens is 779 g/mol. The smallest absolute Gasteiger partial charge is 0.238 e. The van der Waals surface area contributed by atoms with Crippen LogP contribution in [0.1, 0.15) is 0 Å². The van der Waals surface area contributed by atoms with Gasteiger partial charge in [0.15, 0.2) is 11.6 Å². The van der Waals surface area contributed by atoms with Crippen LogP contribution in [0.25, 0.3) is 132 Å². The van der Waals surface area contributed by atoms with Crippen molar-refractivity contribution >= 4 is 97.5 Å². The number of para-hydroxylation sites is 1. The molecule has 0 amide bonds. The molecule has 0 N–H and O–H groups in total. The van der Waals surface area contributed by atoms with Crippen molar-refractivity contribution in [3.05, 3.63) is 212 Å². The van der Waals surface area contributed by atoms with Crippen molar-refractivity contribution in [1.82, 2.24) is 24.1 Å². The van der Waals surface area contributed by atoms with Crippen LogP contribution in [0.4, 0.5) is 0 Å². The first-order chi connectivity index (χ1) is 31.8. The average Bonchev–Trinajstić information content (AvgIpc) is 3.90. The fraction of sp³-hybridized carbons (Fsp3) is 0. The monoisotopic (exact) mass is 813 g/mol. The summed E-state index contributed by atoms with van der Waals surface area (Å²) in [4.78, 5) is 16.3. The fourth-order valence-corrected chi connectivity index (χ4v) is 10.6. The van der Waals surface area contributed by atoms with E-state index in [-0.39, 0.29) is 0 Å². The highest BCUT2D eigenvalue weighted by molar-refractivity contribution is 6.43. The van der Waals surface area contributed by atoms with E-state index >= 15 is 0 Å². The van der Waals surface area contributed by atoms with E-state index in [1.165, 1.54) is 64.6 Å². The van der Waals surface area contributed by atoms with Gasteiger partial charge in [-0.3, -0.25) is 4.57 Å². The summed E-state index contributed by atoms with van der Waals surface area (Å²) in [5.74, 6) is 1.79. The first-order valence-electron chi connectivity index (χ1n) is 21.8. The Morgan fingerprint density at radius 1 is 0.281 bits per heavy atom. The lowest BCUT2D eigenvalue weighted by molar-refractivity contribution is 0.955. The zero-order chi connectivity index (χ0) is 41.9.